The van der Waals surface area contributed by atoms with Gasteiger partial charge in [0, 0.05) is 22.4 Å². The van der Waals surface area contributed by atoms with E-state index >= 15 is 0 Å². The summed E-state index contributed by atoms with van der Waals surface area (Å²) in [5, 5.41) is 2.53. The van der Waals surface area contributed by atoms with Gasteiger partial charge >= 0.3 is 0 Å². The second kappa shape index (κ2) is 15.7. The minimum Gasteiger partial charge on any atom is -0.309 e. The Kier molecular flexibility index (Phi) is 9.74. The van der Waals surface area contributed by atoms with Crippen molar-refractivity contribution in [1.29, 1.82) is 0 Å². The van der Waals surface area contributed by atoms with Gasteiger partial charge in [-0.25, -0.2) is 0 Å². The highest BCUT2D eigenvalue weighted by Crippen LogP contribution is 2.41. The van der Waals surface area contributed by atoms with Gasteiger partial charge in [0.25, 0.3) is 0 Å². The van der Waals surface area contributed by atoms with E-state index in [4.69, 9.17) is 0 Å². The van der Waals surface area contributed by atoms with Gasteiger partial charge in [0.15, 0.2) is 0 Å². The average molecular weight is 772 g/mol. The Labute approximate surface area is 354 Å². The van der Waals surface area contributed by atoms with Crippen LogP contribution in [0, 0.1) is 26.7 Å². The van der Waals surface area contributed by atoms with E-state index in [2.05, 4.69) is 232 Å². The lowest BCUT2D eigenvalue weighted by molar-refractivity contribution is 0.632. The smallest absolute Gasteiger partial charge is 0.0544 e. The van der Waals surface area contributed by atoms with Crippen LogP contribution in [0.4, 0.5) is 0 Å². The van der Waals surface area contributed by atoms with E-state index in [0.29, 0.717) is 11.8 Å². The molecule has 2 atom stereocenters. The van der Waals surface area contributed by atoms with E-state index in [-0.39, 0.29) is 0 Å². The average Bonchev–Trinajstić information content (AvgIpc) is 3.60. The lowest BCUT2D eigenvalue weighted by atomic mass is 9.82. The first-order chi connectivity index (χ1) is 29.4. The molecule has 1 aliphatic carbocycles. The van der Waals surface area contributed by atoms with Crippen LogP contribution in [0.2, 0.25) is 0 Å². The highest BCUT2D eigenvalue weighted by Gasteiger charge is 2.22. The summed E-state index contributed by atoms with van der Waals surface area (Å²) < 4.78 is 2.54. The number of fused-ring (bicyclic) bond motifs is 3. The third kappa shape index (κ3) is 6.91. The molecule has 1 aliphatic rings. The van der Waals surface area contributed by atoms with Crippen LogP contribution in [0.5, 0.6) is 0 Å². The third-order valence-electron chi connectivity index (χ3n) is 12.8. The van der Waals surface area contributed by atoms with E-state index in [1.807, 2.05) is 0 Å². The molecule has 0 N–H and O–H groups in total. The summed E-state index contributed by atoms with van der Waals surface area (Å²) in [6.45, 7) is 9.07. The maximum absolute atomic E-state index is 2.54. The predicted octanol–water partition coefficient (Wildman–Crippen LogP) is 15.8. The summed E-state index contributed by atoms with van der Waals surface area (Å²) in [4.78, 5) is 0. The molecule has 60 heavy (non-hydrogen) atoms. The first kappa shape index (κ1) is 37.3. The molecule has 0 radical (unpaired) electrons. The van der Waals surface area contributed by atoms with Crippen molar-refractivity contribution >= 4 is 21.8 Å². The Bertz CT molecular complexity index is 3050. The molecule has 1 heteroatoms. The largest absolute Gasteiger partial charge is 0.309 e. The van der Waals surface area contributed by atoms with Crippen LogP contribution in [0.3, 0.4) is 0 Å². The minimum atomic E-state index is 0.338. The molecule has 10 rings (SSSR count). The number of nitrogens with zero attached hydrogens (tertiary/aromatic N) is 1. The first-order valence-electron chi connectivity index (χ1n) is 21.3. The zero-order valence-electron chi connectivity index (χ0n) is 34.9. The molecule has 0 fully saturated rings. The van der Waals surface area contributed by atoms with Crippen LogP contribution in [0.15, 0.2) is 200 Å². The summed E-state index contributed by atoms with van der Waals surface area (Å²) in [6, 6.07) is 65.4. The van der Waals surface area contributed by atoms with Crippen molar-refractivity contribution in [3.8, 4) is 50.2 Å². The molecule has 0 aliphatic heterocycles. The Hall–Kier alpha value is -6.96. The lowest BCUT2D eigenvalue weighted by Gasteiger charge is -2.24. The van der Waals surface area contributed by atoms with Gasteiger partial charge < -0.3 is 4.57 Å². The van der Waals surface area contributed by atoms with E-state index in [0.717, 1.165) is 6.42 Å². The lowest BCUT2D eigenvalue weighted by Crippen LogP contribution is -2.10. The molecule has 0 bridgehead atoms. The Morgan fingerprint density at radius 2 is 1.10 bits per heavy atom. The molecule has 1 heterocycles. The quantitative estimate of drug-likeness (QED) is 0.145. The maximum Gasteiger partial charge on any atom is 0.0544 e. The first-order valence-corrected chi connectivity index (χ1v) is 21.3. The van der Waals surface area contributed by atoms with Crippen molar-refractivity contribution < 1.29 is 0 Å². The van der Waals surface area contributed by atoms with Crippen molar-refractivity contribution in [2.75, 3.05) is 0 Å². The van der Waals surface area contributed by atoms with Gasteiger partial charge in [-0.3, -0.25) is 0 Å². The summed E-state index contributed by atoms with van der Waals surface area (Å²) >= 11 is 0. The van der Waals surface area contributed by atoms with Gasteiger partial charge in [-0.15, -0.1) is 0 Å². The fourth-order valence-corrected chi connectivity index (χ4v) is 9.56. The summed E-state index contributed by atoms with van der Waals surface area (Å²) in [5.41, 5.74) is 21.6. The molecule has 8 aromatic carbocycles. The standard InChI is InChI=1S/C59H49N/c1-39-16-11-13-22-51(39)53-24-15-25-57(42(53)4)60-58-31-29-48(47-28-26-41(3)55(37-47)52-23-14-12-17-40(52)2)38-56(58)54-30-27-43(35-59(54)60)32-44-33-49(45-18-7-5-8-19-45)36-50(34-44)46-20-9-6-10-21-46/h5-31,33-39,51H,32H2,1-4H3. The monoisotopic (exact) mass is 771 g/mol. The number of benzene rings is 8. The molecular weight excluding hydrogens is 723 g/mol. The van der Waals surface area contributed by atoms with Gasteiger partial charge in [0.2, 0.25) is 0 Å². The molecule has 9 aromatic rings. The molecule has 1 aromatic heterocycles. The van der Waals surface area contributed by atoms with Crippen molar-refractivity contribution in [1.82, 2.24) is 4.57 Å². The molecule has 0 spiro atoms. The second-order valence-corrected chi connectivity index (χ2v) is 16.7. The molecule has 1 nitrogen and oxygen atoms in total. The van der Waals surface area contributed by atoms with Crippen LogP contribution >= 0.6 is 0 Å². The van der Waals surface area contributed by atoms with E-state index < -0.39 is 0 Å². The Morgan fingerprint density at radius 3 is 1.83 bits per heavy atom. The second-order valence-electron chi connectivity index (χ2n) is 16.7. The minimum absolute atomic E-state index is 0.338. The highest BCUT2D eigenvalue weighted by atomic mass is 15.0. The fraction of sp³-hybridized carbons (Fsp3) is 0.119. The number of hydrogen-bond acceptors (Lipinski definition) is 0. The zero-order chi connectivity index (χ0) is 40.7. The van der Waals surface area contributed by atoms with E-state index in [1.54, 1.807) is 0 Å². The molecule has 0 saturated heterocycles. The molecule has 0 amide bonds. The van der Waals surface area contributed by atoms with E-state index in [1.165, 1.54) is 105 Å². The molecule has 290 valence electrons. The van der Waals surface area contributed by atoms with E-state index in [9.17, 15) is 0 Å². The number of aryl methyl sites for hydroxylation is 2. The van der Waals surface area contributed by atoms with Crippen LogP contribution in [0.25, 0.3) is 72.0 Å². The Morgan fingerprint density at radius 1 is 0.433 bits per heavy atom. The third-order valence-corrected chi connectivity index (χ3v) is 12.8. The maximum atomic E-state index is 2.54. The predicted molar refractivity (Wildman–Crippen MR) is 256 cm³/mol. The summed E-state index contributed by atoms with van der Waals surface area (Å²) in [6.07, 6.45) is 9.91. The van der Waals surface area contributed by atoms with Crippen LogP contribution < -0.4 is 0 Å². The van der Waals surface area contributed by atoms with Crippen LogP contribution in [-0.4, -0.2) is 4.57 Å². The van der Waals surface area contributed by atoms with Gasteiger partial charge in [-0.05, 0) is 147 Å². The number of rotatable bonds is 8. The van der Waals surface area contributed by atoms with Crippen molar-refractivity contribution in [3.05, 3.63) is 234 Å². The molecular formula is C59H49N. The number of allylic oxidation sites excluding steroid dienone is 4. The molecule has 0 saturated carbocycles. The topological polar surface area (TPSA) is 4.93 Å². The molecule has 2 unspecified atom stereocenters. The number of aromatic nitrogens is 1. The van der Waals surface area contributed by atoms with Crippen molar-refractivity contribution in [2.45, 2.75) is 40.0 Å². The highest BCUT2D eigenvalue weighted by molar-refractivity contribution is 6.11. The van der Waals surface area contributed by atoms with Gasteiger partial charge in [-0.2, -0.15) is 0 Å². The van der Waals surface area contributed by atoms with Gasteiger partial charge in [-0.1, -0.05) is 171 Å². The van der Waals surface area contributed by atoms with Crippen molar-refractivity contribution in [3.63, 3.8) is 0 Å². The summed E-state index contributed by atoms with van der Waals surface area (Å²) in [5.74, 6) is 0.771. The normalized spacial score (nSPS) is 14.9. The van der Waals surface area contributed by atoms with Gasteiger partial charge in [0.1, 0.15) is 0 Å². The van der Waals surface area contributed by atoms with Crippen LogP contribution in [-0.2, 0) is 6.42 Å². The fourth-order valence-electron chi connectivity index (χ4n) is 9.56. The number of hydrogen-bond donors (Lipinski definition) is 0. The van der Waals surface area contributed by atoms with Crippen LogP contribution in [0.1, 0.15) is 46.2 Å². The van der Waals surface area contributed by atoms with Crippen molar-refractivity contribution in [2.24, 2.45) is 5.92 Å². The van der Waals surface area contributed by atoms with Gasteiger partial charge in [0.05, 0.1) is 11.0 Å². The Balaban J connectivity index is 1.14. The SMILES string of the molecule is Cc1ccccc1-c1cc(-c2ccc3c(c2)c2ccc(Cc4cc(-c5ccccc5)cc(-c5ccccc5)c4)cc2n3-c2cccc(C3C=CC=CC3C)c2C)ccc1C. The summed E-state index contributed by atoms with van der Waals surface area (Å²) in [7, 11) is 0. The zero-order valence-corrected chi connectivity index (χ0v) is 34.9.